The first-order valence-electron chi connectivity index (χ1n) is 13.9. The Labute approximate surface area is 228 Å². The first-order valence-corrected chi connectivity index (χ1v) is 13.9. The summed E-state index contributed by atoms with van der Waals surface area (Å²) in [6.45, 7) is 2.77. The number of fused-ring (bicyclic) bond motifs is 1. The number of hydrogen-bond donors (Lipinski definition) is 2. The van der Waals surface area contributed by atoms with Gasteiger partial charge in [0.2, 0.25) is 0 Å². The van der Waals surface area contributed by atoms with Gasteiger partial charge >= 0.3 is 12.1 Å². The fourth-order valence-corrected chi connectivity index (χ4v) is 5.36. The minimum Gasteiger partial charge on any atom is -0.478 e. The summed E-state index contributed by atoms with van der Waals surface area (Å²) in [5.41, 5.74) is 4.70. The Hall–Kier alpha value is -4.13. The minimum absolute atomic E-state index is 0.187. The molecular weight excluding hydrogens is 490 g/mol. The minimum atomic E-state index is -0.939. The number of ether oxygens (including phenoxy) is 1. The van der Waals surface area contributed by atoms with Crippen molar-refractivity contribution in [3.05, 3.63) is 83.7 Å². The van der Waals surface area contributed by atoms with Crippen molar-refractivity contribution in [3.8, 4) is 16.9 Å². The molecule has 5 rings (SSSR count). The second-order valence-corrected chi connectivity index (χ2v) is 10.3. The number of hydrogen-bond acceptors (Lipinski definition) is 4. The predicted molar refractivity (Wildman–Crippen MR) is 152 cm³/mol. The van der Waals surface area contributed by atoms with Gasteiger partial charge in [-0.1, -0.05) is 75.1 Å². The number of aryl methyl sites for hydroxylation is 1. The SMILES string of the molecule is CCCCc1nc2ccc(OC(=O)NC3CCCCC3)cc2n1Cc1ccc(-c2ccccc2C(=O)O)cc1. The molecule has 0 radical (unpaired) electrons. The number of benzene rings is 3. The normalized spacial score (nSPS) is 13.9. The van der Waals surface area contributed by atoms with Gasteiger partial charge in [0.15, 0.2) is 0 Å². The molecule has 1 aliphatic rings. The van der Waals surface area contributed by atoms with Crippen molar-refractivity contribution >= 4 is 23.1 Å². The third kappa shape index (κ3) is 6.30. The highest BCUT2D eigenvalue weighted by Gasteiger charge is 2.18. The van der Waals surface area contributed by atoms with Gasteiger partial charge in [0.1, 0.15) is 11.6 Å². The van der Waals surface area contributed by atoms with Crippen LogP contribution in [0.25, 0.3) is 22.2 Å². The second-order valence-electron chi connectivity index (χ2n) is 10.3. The molecule has 0 spiro atoms. The van der Waals surface area contributed by atoms with Gasteiger partial charge in [-0.15, -0.1) is 0 Å². The lowest BCUT2D eigenvalue weighted by Crippen LogP contribution is -2.37. The van der Waals surface area contributed by atoms with Crippen molar-refractivity contribution in [2.24, 2.45) is 0 Å². The first-order chi connectivity index (χ1) is 19.0. The van der Waals surface area contributed by atoms with Crippen molar-refractivity contribution < 1.29 is 19.4 Å². The van der Waals surface area contributed by atoms with Crippen molar-refractivity contribution in [1.82, 2.24) is 14.9 Å². The van der Waals surface area contributed by atoms with Crippen molar-refractivity contribution in [1.29, 1.82) is 0 Å². The monoisotopic (exact) mass is 525 g/mol. The van der Waals surface area contributed by atoms with E-state index in [1.807, 2.05) is 48.5 Å². The van der Waals surface area contributed by atoms with Crippen LogP contribution in [0.4, 0.5) is 4.79 Å². The summed E-state index contributed by atoms with van der Waals surface area (Å²) < 4.78 is 7.87. The van der Waals surface area contributed by atoms with E-state index in [0.717, 1.165) is 72.9 Å². The lowest BCUT2D eigenvalue weighted by molar-refractivity contribution is 0.0697. The van der Waals surface area contributed by atoms with Gasteiger partial charge in [-0.25, -0.2) is 14.6 Å². The van der Waals surface area contributed by atoms with E-state index in [9.17, 15) is 14.7 Å². The maximum Gasteiger partial charge on any atom is 0.412 e. The van der Waals surface area contributed by atoms with E-state index in [0.29, 0.717) is 17.9 Å². The number of amides is 1. The molecule has 1 saturated carbocycles. The van der Waals surface area contributed by atoms with Gasteiger partial charge in [-0.2, -0.15) is 0 Å². The molecule has 0 atom stereocenters. The molecule has 0 unspecified atom stereocenters. The van der Waals surface area contributed by atoms with E-state index in [1.54, 1.807) is 18.2 Å². The van der Waals surface area contributed by atoms with Crippen LogP contribution in [0.2, 0.25) is 0 Å². The number of nitrogens with zero attached hydrogens (tertiary/aromatic N) is 2. The molecule has 0 saturated heterocycles. The zero-order chi connectivity index (χ0) is 27.2. The summed E-state index contributed by atoms with van der Waals surface area (Å²) in [5.74, 6) is 0.557. The van der Waals surface area contributed by atoms with Crippen LogP contribution in [0.15, 0.2) is 66.7 Å². The van der Waals surface area contributed by atoms with E-state index in [1.165, 1.54) is 6.42 Å². The molecular formula is C32H35N3O4. The average molecular weight is 526 g/mol. The summed E-state index contributed by atoms with van der Waals surface area (Å²) in [7, 11) is 0. The van der Waals surface area contributed by atoms with Gasteiger partial charge in [-0.05, 0) is 54.2 Å². The molecule has 1 heterocycles. The highest BCUT2D eigenvalue weighted by Crippen LogP contribution is 2.27. The molecule has 1 amide bonds. The van der Waals surface area contributed by atoms with E-state index >= 15 is 0 Å². The van der Waals surface area contributed by atoms with Crippen molar-refractivity contribution in [2.75, 3.05) is 0 Å². The molecule has 202 valence electrons. The van der Waals surface area contributed by atoms with Gasteiger partial charge in [-0.3, -0.25) is 0 Å². The van der Waals surface area contributed by atoms with Crippen LogP contribution < -0.4 is 10.1 Å². The number of nitrogens with one attached hydrogen (secondary N) is 1. The summed E-state index contributed by atoms with van der Waals surface area (Å²) in [5, 5.41) is 12.6. The molecule has 3 aromatic carbocycles. The number of imidazole rings is 1. The Morgan fingerprint density at radius 1 is 1.03 bits per heavy atom. The van der Waals surface area contributed by atoms with Crippen LogP contribution in [0, 0.1) is 0 Å². The van der Waals surface area contributed by atoms with Crippen molar-refractivity contribution in [3.63, 3.8) is 0 Å². The largest absolute Gasteiger partial charge is 0.478 e. The van der Waals surface area contributed by atoms with E-state index in [-0.39, 0.29) is 11.6 Å². The molecule has 39 heavy (non-hydrogen) atoms. The lowest BCUT2D eigenvalue weighted by atomic mass is 9.96. The van der Waals surface area contributed by atoms with E-state index < -0.39 is 12.1 Å². The zero-order valence-corrected chi connectivity index (χ0v) is 22.4. The predicted octanol–water partition coefficient (Wildman–Crippen LogP) is 7.21. The lowest BCUT2D eigenvalue weighted by Gasteiger charge is -2.22. The number of carbonyl (C=O) groups excluding carboxylic acids is 1. The van der Waals surface area contributed by atoms with Gasteiger partial charge < -0.3 is 19.7 Å². The molecule has 1 fully saturated rings. The smallest absolute Gasteiger partial charge is 0.412 e. The Morgan fingerprint density at radius 2 is 1.79 bits per heavy atom. The van der Waals surface area contributed by atoms with Crippen LogP contribution in [-0.2, 0) is 13.0 Å². The molecule has 0 bridgehead atoms. The first kappa shape index (κ1) is 26.5. The standard InChI is InChI=1S/C32H35N3O4/c1-2-3-13-30-34-28-19-18-25(39-32(38)33-24-9-5-4-6-10-24)20-29(28)35(30)21-22-14-16-23(17-15-22)26-11-7-8-12-27(26)31(36)37/h7-8,11-12,14-20,24H,2-6,9-10,13,21H2,1H3,(H,33,38)(H,36,37). The topological polar surface area (TPSA) is 93.5 Å². The third-order valence-corrected chi connectivity index (χ3v) is 7.45. The number of carboxylic acid groups (broad SMARTS) is 1. The molecule has 7 nitrogen and oxygen atoms in total. The summed E-state index contributed by atoms with van der Waals surface area (Å²) in [6, 6.07) is 20.8. The van der Waals surface area contributed by atoms with E-state index in [2.05, 4.69) is 16.8 Å². The highest BCUT2D eigenvalue weighted by molar-refractivity contribution is 5.96. The van der Waals surface area contributed by atoms with Crippen LogP contribution in [0.3, 0.4) is 0 Å². The number of aromatic carboxylic acids is 1. The number of carboxylic acids is 1. The van der Waals surface area contributed by atoms with Crippen LogP contribution in [0.5, 0.6) is 5.75 Å². The Balaban J connectivity index is 1.39. The van der Waals surface area contributed by atoms with Crippen LogP contribution in [0.1, 0.15) is 73.6 Å². The molecule has 7 heteroatoms. The Morgan fingerprint density at radius 3 is 2.54 bits per heavy atom. The molecule has 4 aromatic rings. The fourth-order valence-electron chi connectivity index (χ4n) is 5.36. The highest BCUT2D eigenvalue weighted by atomic mass is 16.6. The van der Waals surface area contributed by atoms with Crippen LogP contribution in [-0.4, -0.2) is 32.8 Å². The van der Waals surface area contributed by atoms with Crippen LogP contribution >= 0.6 is 0 Å². The second kappa shape index (κ2) is 12.2. The third-order valence-electron chi connectivity index (χ3n) is 7.45. The molecule has 2 N–H and O–H groups in total. The zero-order valence-electron chi connectivity index (χ0n) is 22.4. The van der Waals surface area contributed by atoms with E-state index in [4.69, 9.17) is 9.72 Å². The number of rotatable bonds is 9. The van der Waals surface area contributed by atoms with Crippen molar-refractivity contribution in [2.45, 2.75) is 70.9 Å². The summed E-state index contributed by atoms with van der Waals surface area (Å²) in [4.78, 5) is 29.1. The quantitative estimate of drug-likeness (QED) is 0.241. The molecule has 1 aliphatic carbocycles. The number of carbonyl (C=O) groups is 2. The number of unbranched alkanes of at least 4 members (excludes halogenated alkanes) is 1. The Bertz CT molecular complexity index is 1450. The number of aromatic nitrogens is 2. The van der Waals surface area contributed by atoms with Gasteiger partial charge in [0.25, 0.3) is 0 Å². The average Bonchev–Trinajstić information content (AvgIpc) is 3.29. The maximum atomic E-state index is 12.6. The molecule has 0 aliphatic heterocycles. The Kier molecular flexibility index (Phi) is 8.25. The summed E-state index contributed by atoms with van der Waals surface area (Å²) in [6.07, 6.45) is 8.06. The fraction of sp³-hybridized carbons (Fsp3) is 0.344. The summed E-state index contributed by atoms with van der Waals surface area (Å²) >= 11 is 0. The molecule has 1 aromatic heterocycles. The maximum absolute atomic E-state index is 12.6. The van der Waals surface area contributed by atoms with Gasteiger partial charge in [0.05, 0.1) is 16.6 Å². The van der Waals surface area contributed by atoms with Gasteiger partial charge in [0, 0.05) is 25.1 Å².